The van der Waals surface area contributed by atoms with E-state index >= 15 is 4.39 Å². The topological polar surface area (TPSA) is 18.5 Å². The number of benzene rings is 4. The molecule has 4 aromatic rings. The van der Waals surface area contributed by atoms with E-state index in [-0.39, 0.29) is 17.2 Å². The van der Waals surface area contributed by atoms with Gasteiger partial charge < -0.3 is 9.47 Å². The second-order valence-corrected chi connectivity index (χ2v) is 11.7. The molecule has 0 aromatic heterocycles. The SMILES string of the molecule is CC/C=C\CC1CCC(c2ccc(-c3ccc(-c4cc(F)c(C(F)(F)Oc5ccc(OC(F)(F)F)c(F)c5)c(F)c4)c(F)c3)cc2)CC1. The lowest BCUT2D eigenvalue weighted by atomic mass is 9.77. The molecule has 1 saturated carbocycles. The van der Waals surface area contributed by atoms with E-state index in [2.05, 4.69) is 28.5 Å². The van der Waals surface area contributed by atoms with Gasteiger partial charge in [-0.3, -0.25) is 0 Å². The molecule has 5 rings (SSSR count). The van der Waals surface area contributed by atoms with E-state index in [9.17, 15) is 35.1 Å². The minimum Gasteiger partial charge on any atom is -0.429 e. The predicted octanol–water partition coefficient (Wildman–Crippen LogP) is 12.2. The smallest absolute Gasteiger partial charge is 0.429 e. The summed E-state index contributed by atoms with van der Waals surface area (Å²) >= 11 is 0. The van der Waals surface area contributed by atoms with Crippen LogP contribution in [0.3, 0.4) is 0 Å². The normalized spacial score (nSPS) is 17.1. The zero-order valence-corrected chi connectivity index (χ0v) is 25.7. The molecule has 1 aliphatic rings. The lowest BCUT2D eigenvalue weighted by molar-refractivity contribution is -0.275. The summed E-state index contributed by atoms with van der Waals surface area (Å²) in [5.74, 6) is -7.35. The first-order valence-electron chi connectivity index (χ1n) is 15.4. The van der Waals surface area contributed by atoms with Crippen LogP contribution in [0, 0.1) is 29.2 Å². The number of hydrogen-bond donors (Lipinski definition) is 0. The summed E-state index contributed by atoms with van der Waals surface area (Å²) < 4.78 is 133. The van der Waals surface area contributed by atoms with Crippen molar-refractivity contribution in [3.05, 3.63) is 119 Å². The Morgan fingerprint density at radius 1 is 0.646 bits per heavy atom. The monoisotopic (exact) mass is 678 g/mol. The summed E-state index contributed by atoms with van der Waals surface area (Å²) in [7, 11) is 0. The number of rotatable bonds is 10. The summed E-state index contributed by atoms with van der Waals surface area (Å²) in [5.41, 5.74) is -0.0441. The van der Waals surface area contributed by atoms with Crippen LogP contribution in [0.4, 0.5) is 39.5 Å². The molecule has 0 saturated heterocycles. The summed E-state index contributed by atoms with van der Waals surface area (Å²) in [5, 5.41) is 0. The van der Waals surface area contributed by atoms with Crippen molar-refractivity contribution in [2.45, 2.75) is 63.8 Å². The van der Waals surface area contributed by atoms with Crippen molar-refractivity contribution >= 4 is 0 Å². The van der Waals surface area contributed by atoms with Gasteiger partial charge in [0.15, 0.2) is 11.6 Å². The van der Waals surface area contributed by atoms with Gasteiger partial charge in [-0.2, -0.15) is 8.78 Å². The molecule has 0 radical (unpaired) electrons. The molecule has 11 heteroatoms. The Morgan fingerprint density at radius 2 is 1.27 bits per heavy atom. The number of ether oxygens (including phenoxy) is 2. The fourth-order valence-corrected chi connectivity index (χ4v) is 6.02. The second kappa shape index (κ2) is 14.4. The van der Waals surface area contributed by atoms with Gasteiger partial charge >= 0.3 is 12.5 Å². The van der Waals surface area contributed by atoms with Gasteiger partial charge in [-0.1, -0.05) is 55.5 Å². The van der Waals surface area contributed by atoms with Crippen LogP contribution in [0.1, 0.15) is 62.5 Å². The standard InChI is InChI=1S/C37H31F9O2/c1-2-3-4-5-22-6-8-23(9-7-22)24-10-12-25(13-11-24)26-14-16-29(30(38)18-26)27-19-32(40)35(33(41)20-27)36(42,43)47-28-15-17-34(31(39)21-28)48-37(44,45)46/h3-4,10-23H,2,5-9H2,1H3/b4-3-. The fourth-order valence-electron chi connectivity index (χ4n) is 6.02. The number of alkyl halides is 5. The van der Waals surface area contributed by atoms with Gasteiger partial charge in [0.05, 0.1) is 0 Å². The lowest BCUT2D eigenvalue weighted by Crippen LogP contribution is -2.25. The first kappa shape index (κ1) is 34.9. The Morgan fingerprint density at radius 3 is 1.85 bits per heavy atom. The highest BCUT2D eigenvalue weighted by Crippen LogP contribution is 2.40. The van der Waals surface area contributed by atoms with Crippen LogP contribution in [0.15, 0.2) is 84.9 Å². The largest absolute Gasteiger partial charge is 0.573 e. The van der Waals surface area contributed by atoms with Crippen molar-refractivity contribution in [2.24, 2.45) is 5.92 Å². The average Bonchev–Trinajstić information content (AvgIpc) is 3.01. The highest BCUT2D eigenvalue weighted by atomic mass is 19.4. The zero-order valence-electron chi connectivity index (χ0n) is 25.7. The molecule has 0 amide bonds. The van der Waals surface area contributed by atoms with Crippen molar-refractivity contribution in [1.82, 2.24) is 0 Å². The van der Waals surface area contributed by atoms with Gasteiger partial charge in [-0.25, -0.2) is 17.6 Å². The Balaban J connectivity index is 1.28. The molecule has 1 fully saturated rings. The molecule has 2 nitrogen and oxygen atoms in total. The van der Waals surface area contributed by atoms with E-state index in [4.69, 9.17) is 0 Å². The maximum atomic E-state index is 15.3. The lowest BCUT2D eigenvalue weighted by Gasteiger charge is -2.28. The molecular weight excluding hydrogens is 647 g/mol. The quantitative estimate of drug-likeness (QED) is 0.123. The van der Waals surface area contributed by atoms with Crippen LogP contribution in [-0.4, -0.2) is 6.36 Å². The van der Waals surface area contributed by atoms with E-state index < -0.39 is 52.8 Å². The van der Waals surface area contributed by atoms with Crippen LogP contribution in [0.25, 0.3) is 22.3 Å². The van der Waals surface area contributed by atoms with Crippen molar-refractivity contribution < 1.29 is 49.0 Å². The Kier molecular flexibility index (Phi) is 10.5. The molecule has 4 aromatic carbocycles. The number of halogens is 9. The molecule has 0 N–H and O–H groups in total. The van der Waals surface area contributed by atoms with Crippen molar-refractivity contribution in [3.63, 3.8) is 0 Å². The van der Waals surface area contributed by atoms with Gasteiger partial charge in [0.2, 0.25) is 0 Å². The minimum absolute atomic E-state index is 0.141. The maximum Gasteiger partial charge on any atom is 0.573 e. The fraction of sp³-hybridized carbons (Fsp3) is 0.297. The summed E-state index contributed by atoms with van der Waals surface area (Å²) in [6.07, 6.45) is 1.16. The summed E-state index contributed by atoms with van der Waals surface area (Å²) in [6, 6.07) is 13.8. The maximum absolute atomic E-state index is 15.3. The molecule has 254 valence electrons. The molecule has 0 heterocycles. The van der Waals surface area contributed by atoms with Crippen LogP contribution in [0.5, 0.6) is 11.5 Å². The highest BCUT2D eigenvalue weighted by Gasteiger charge is 2.42. The third-order valence-corrected chi connectivity index (χ3v) is 8.42. The summed E-state index contributed by atoms with van der Waals surface area (Å²) in [4.78, 5) is 0. The number of allylic oxidation sites excluding steroid dienone is 2. The van der Waals surface area contributed by atoms with Crippen LogP contribution in [0.2, 0.25) is 0 Å². The highest BCUT2D eigenvalue weighted by molar-refractivity contribution is 5.71. The molecule has 0 aliphatic heterocycles. The zero-order chi connectivity index (χ0) is 34.6. The average molecular weight is 679 g/mol. The van der Waals surface area contributed by atoms with Gasteiger partial charge in [-0.15, -0.1) is 13.2 Å². The van der Waals surface area contributed by atoms with Crippen molar-refractivity contribution in [3.8, 4) is 33.8 Å². The van der Waals surface area contributed by atoms with Gasteiger partial charge in [-0.05, 0) is 103 Å². The molecule has 48 heavy (non-hydrogen) atoms. The molecule has 0 unspecified atom stereocenters. The van der Waals surface area contributed by atoms with E-state index in [0.29, 0.717) is 41.7 Å². The minimum atomic E-state index is -5.25. The second-order valence-electron chi connectivity index (χ2n) is 11.7. The van der Waals surface area contributed by atoms with E-state index in [0.717, 1.165) is 44.1 Å². The first-order chi connectivity index (χ1) is 22.7. The molecular formula is C37H31F9O2. The van der Waals surface area contributed by atoms with E-state index in [1.54, 1.807) is 6.07 Å². The first-order valence-corrected chi connectivity index (χ1v) is 15.4. The van der Waals surface area contributed by atoms with Crippen LogP contribution >= 0.6 is 0 Å². The third kappa shape index (κ3) is 8.35. The van der Waals surface area contributed by atoms with Crippen molar-refractivity contribution in [1.29, 1.82) is 0 Å². The molecule has 0 bridgehead atoms. The number of hydrogen-bond acceptors (Lipinski definition) is 2. The Hall–Kier alpha value is -4.41. The predicted molar refractivity (Wildman–Crippen MR) is 164 cm³/mol. The van der Waals surface area contributed by atoms with Gasteiger partial charge in [0, 0.05) is 11.6 Å². The molecule has 0 atom stereocenters. The van der Waals surface area contributed by atoms with Crippen LogP contribution in [-0.2, 0) is 6.11 Å². The summed E-state index contributed by atoms with van der Waals surface area (Å²) in [6.45, 7) is 2.12. The Bertz CT molecular complexity index is 1730. The van der Waals surface area contributed by atoms with E-state index in [1.807, 2.05) is 24.3 Å². The van der Waals surface area contributed by atoms with Crippen molar-refractivity contribution in [2.75, 3.05) is 0 Å². The van der Waals surface area contributed by atoms with E-state index in [1.165, 1.54) is 17.7 Å². The Labute approximate surface area is 271 Å². The third-order valence-electron chi connectivity index (χ3n) is 8.42. The molecule has 1 aliphatic carbocycles. The van der Waals surface area contributed by atoms with Gasteiger partial charge in [0.25, 0.3) is 0 Å². The van der Waals surface area contributed by atoms with Gasteiger partial charge in [0.1, 0.15) is 28.8 Å². The van der Waals surface area contributed by atoms with Crippen LogP contribution < -0.4 is 9.47 Å². The molecule has 0 spiro atoms.